The standard InChI is InChI=1S/C21H24N2O4S/c1-14-5-2-3-6-17(14)23-19(24)13-27-21(26)15-8-10-16(11-9-15)22-20(25)18-7-4-12-28-18/h4,7-12,14,17H,2-3,5-6,13H2,1H3,(H,22,25)(H,23,24)/t14-,17+/m0/s1. The summed E-state index contributed by atoms with van der Waals surface area (Å²) in [5.41, 5.74) is 0.909. The fourth-order valence-electron chi connectivity index (χ4n) is 3.28. The number of hydrogen-bond donors (Lipinski definition) is 2. The Morgan fingerprint density at radius 2 is 1.86 bits per heavy atom. The minimum atomic E-state index is -0.567. The molecule has 2 aromatic rings. The van der Waals surface area contributed by atoms with Crippen molar-refractivity contribution in [2.75, 3.05) is 11.9 Å². The third-order valence-electron chi connectivity index (χ3n) is 4.92. The molecule has 1 fully saturated rings. The van der Waals surface area contributed by atoms with Crippen LogP contribution in [0.15, 0.2) is 41.8 Å². The molecule has 1 aromatic heterocycles. The van der Waals surface area contributed by atoms with Crippen molar-refractivity contribution in [3.8, 4) is 0 Å². The van der Waals surface area contributed by atoms with Crippen molar-refractivity contribution in [1.82, 2.24) is 5.32 Å². The molecule has 1 saturated carbocycles. The van der Waals surface area contributed by atoms with Gasteiger partial charge < -0.3 is 15.4 Å². The monoisotopic (exact) mass is 400 g/mol. The van der Waals surface area contributed by atoms with E-state index in [1.807, 2.05) is 11.4 Å². The number of thiophene rings is 1. The third kappa shape index (κ3) is 5.42. The number of anilines is 1. The Hall–Kier alpha value is -2.67. The van der Waals surface area contributed by atoms with Gasteiger partial charge in [0.1, 0.15) is 0 Å². The number of rotatable bonds is 6. The summed E-state index contributed by atoms with van der Waals surface area (Å²) in [4.78, 5) is 36.8. The fourth-order valence-corrected chi connectivity index (χ4v) is 3.90. The van der Waals surface area contributed by atoms with Crippen LogP contribution >= 0.6 is 11.3 Å². The summed E-state index contributed by atoms with van der Waals surface area (Å²) in [7, 11) is 0. The normalized spacial score (nSPS) is 18.9. The lowest BCUT2D eigenvalue weighted by Gasteiger charge is -2.29. The Morgan fingerprint density at radius 3 is 2.54 bits per heavy atom. The molecule has 148 valence electrons. The summed E-state index contributed by atoms with van der Waals surface area (Å²) in [5.74, 6) is -0.584. The second kappa shape index (κ2) is 9.50. The number of ether oxygens (including phenoxy) is 1. The third-order valence-corrected chi connectivity index (χ3v) is 5.78. The first-order valence-corrected chi connectivity index (χ1v) is 10.3. The van der Waals surface area contributed by atoms with Gasteiger partial charge in [-0.3, -0.25) is 9.59 Å². The number of carbonyl (C=O) groups is 3. The first kappa shape index (κ1) is 20.1. The summed E-state index contributed by atoms with van der Waals surface area (Å²) >= 11 is 1.36. The van der Waals surface area contributed by atoms with Crippen LogP contribution in [-0.2, 0) is 9.53 Å². The SMILES string of the molecule is C[C@H]1CCCC[C@H]1NC(=O)COC(=O)c1ccc(NC(=O)c2cccs2)cc1. The Labute approximate surface area is 168 Å². The molecular weight excluding hydrogens is 376 g/mol. The minimum absolute atomic E-state index is 0.159. The molecule has 7 heteroatoms. The number of nitrogens with one attached hydrogen (secondary N) is 2. The lowest BCUT2D eigenvalue weighted by Crippen LogP contribution is -2.42. The van der Waals surface area contributed by atoms with Crippen LogP contribution in [0.5, 0.6) is 0 Å². The van der Waals surface area contributed by atoms with Gasteiger partial charge in [0.2, 0.25) is 0 Å². The van der Waals surface area contributed by atoms with Crippen LogP contribution in [-0.4, -0.2) is 30.4 Å². The Bertz CT molecular complexity index is 817. The summed E-state index contributed by atoms with van der Waals surface area (Å²) in [6.07, 6.45) is 4.40. The highest BCUT2D eigenvalue weighted by molar-refractivity contribution is 7.12. The van der Waals surface area contributed by atoms with Crippen LogP contribution in [0.25, 0.3) is 0 Å². The van der Waals surface area contributed by atoms with Gasteiger partial charge in [0.15, 0.2) is 6.61 Å². The number of hydrogen-bond acceptors (Lipinski definition) is 5. The number of benzene rings is 1. The van der Waals surface area contributed by atoms with E-state index in [-0.39, 0.29) is 24.5 Å². The van der Waals surface area contributed by atoms with E-state index in [0.717, 1.165) is 19.3 Å². The van der Waals surface area contributed by atoms with Gasteiger partial charge in [-0.05, 0) is 54.5 Å². The van der Waals surface area contributed by atoms with Crippen LogP contribution < -0.4 is 10.6 Å². The van der Waals surface area contributed by atoms with Gasteiger partial charge in [-0.25, -0.2) is 4.79 Å². The molecule has 1 aliphatic rings. The average molecular weight is 401 g/mol. The van der Waals surface area contributed by atoms with E-state index >= 15 is 0 Å². The van der Waals surface area contributed by atoms with Gasteiger partial charge in [0.05, 0.1) is 10.4 Å². The molecular formula is C21H24N2O4S. The van der Waals surface area contributed by atoms with E-state index in [0.29, 0.717) is 22.0 Å². The topological polar surface area (TPSA) is 84.5 Å². The molecule has 0 bridgehead atoms. The summed E-state index contributed by atoms with van der Waals surface area (Å²) in [5, 5.41) is 7.55. The van der Waals surface area contributed by atoms with Crippen LogP contribution in [0.3, 0.4) is 0 Å². The van der Waals surface area contributed by atoms with Gasteiger partial charge in [-0.15, -0.1) is 11.3 Å². The molecule has 1 aromatic carbocycles. The van der Waals surface area contributed by atoms with Gasteiger partial charge in [0, 0.05) is 11.7 Å². The largest absolute Gasteiger partial charge is 0.452 e. The quantitative estimate of drug-likeness (QED) is 0.722. The Kier molecular flexibility index (Phi) is 6.81. The average Bonchev–Trinajstić information content (AvgIpc) is 3.23. The fraction of sp³-hybridized carbons (Fsp3) is 0.381. The second-order valence-electron chi connectivity index (χ2n) is 7.02. The zero-order valence-electron chi connectivity index (χ0n) is 15.8. The van der Waals surface area contributed by atoms with Crippen molar-refractivity contribution in [1.29, 1.82) is 0 Å². The van der Waals surface area contributed by atoms with Crippen molar-refractivity contribution in [3.05, 3.63) is 52.2 Å². The number of amides is 2. The maximum Gasteiger partial charge on any atom is 0.338 e. The molecule has 0 unspecified atom stereocenters. The predicted molar refractivity (Wildman–Crippen MR) is 109 cm³/mol. The van der Waals surface area contributed by atoms with E-state index in [1.165, 1.54) is 17.8 Å². The Balaban J connectivity index is 1.46. The second-order valence-corrected chi connectivity index (χ2v) is 7.97. The molecule has 3 rings (SSSR count). The van der Waals surface area contributed by atoms with Gasteiger partial charge in [0.25, 0.3) is 11.8 Å². The van der Waals surface area contributed by atoms with Crippen molar-refractivity contribution in [2.45, 2.75) is 38.6 Å². The van der Waals surface area contributed by atoms with Crippen LogP contribution in [0, 0.1) is 5.92 Å². The first-order chi connectivity index (χ1) is 13.5. The highest BCUT2D eigenvalue weighted by Crippen LogP contribution is 2.23. The molecule has 0 radical (unpaired) electrons. The number of carbonyl (C=O) groups excluding carboxylic acids is 3. The smallest absolute Gasteiger partial charge is 0.338 e. The highest BCUT2D eigenvalue weighted by atomic mass is 32.1. The molecule has 0 spiro atoms. The van der Waals surface area contributed by atoms with Crippen LogP contribution in [0.1, 0.15) is 52.6 Å². The van der Waals surface area contributed by atoms with E-state index in [2.05, 4.69) is 17.6 Å². The van der Waals surface area contributed by atoms with Crippen LogP contribution in [0.4, 0.5) is 5.69 Å². The highest BCUT2D eigenvalue weighted by Gasteiger charge is 2.23. The van der Waals surface area contributed by atoms with Gasteiger partial charge in [-0.1, -0.05) is 25.8 Å². The van der Waals surface area contributed by atoms with Gasteiger partial charge in [-0.2, -0.15) is 0 Å². The molecule has 2 N–H and O–H groups in total. The maximum atomic E-state index is 12.1. The number of esters is 1. The molecule has 0 aliphatic heterocycles. The summed E-state index contributed by atoms with van der Waals surface area (Å²) in [6, 6.07) is 10.1. The van der Waals surface area contributed by atoms with Crippen molar-refractivity contribution < 1.29 is 19.1 Å². The molecule has 28 heavy (non-hydrogen) atoms. The van der Waals surface area contributed by atoms with E-state index in [1.54, 1.807) is 30.3 Å². The molecule has 1 aliphatic carbocycles. The van der Waals surface area contributed by atoms with Crippen molar-refractivity contribution >= 4 is 34.8 Å². The molecule has 0 saturated heterocycles. The summed E-state index contributed by atoms with van der Waals surface area (Å²) in [6.45, 7) is 1.84. The van der Waals surface area contributed by atoms with E-state index in [9.17, 15) is 14.4 Å². The van der Waals surface area contributed by atoms with E-state index < -0.39 is 5.97 Å². The predicted octanol–water partition coefficient (Wildman–Crippen LogP) is 3.85. The maximum absolute atomic E-state index is 12.1. The minimum Gasteiger partial charge on any atom is -0.452 e. The van der Waals surface area contributed by atoms with Crippen molar-refractivity contribution in [2.24, 2.45) is 5.92 Å². The summed E-state index contributed by atoms with van der Waals surface area (Å²) < 4.78 is 5.11. The van der Waals surface area contributed by atoms with E-state index in [4.69, 9.17) is 4.74 Å². The first-order valence-electron chi connectivity index (χ1n) is 9.44. The molecule has 2 amide bonds. The lowest BCUT2D eigenvalue weighted by molar-refractivity contribution is -0.125. The molecule has 1 heterocycles. The lowest BCUT2D eigenvalue weighted by atomic mass is 9.86. The molecule has 6 nitrogen and oxygen atoms in total. The van der Waals surface area contributed by atoms with Crippen molar-refractivity contribution in [3.63, 3.8) is 0 Å². The Morgan fingerprint density at radius 1 is 1.11 bits per heavy atom. The zero-order chi connectivity index (χ0) is 19.9. The van der Waals surface area contributed by atoms with Crippen LogP contribution in [0.2, 0.25) is 0 Å². The zero-order valence-corrected chi connectivity index (χ0v) is 16.6. The van der Waals surface area contributed by atoms with Gasteiger partial charge >= 0.3 is 5.97 Å². The molecule has 2 atom stereocenters.